The normalized spacial score (nSPS) is 19.1. The second kappa shape index (κ2) is 21.8. The van der Waals surface area contributed by atoms with Gasteiger partial charge in [-0.2, -0.15) is 0 Å². The average molecular weight is 770 g/mol. The third kappa shape index (κ3) is 11.7. The zero-order valence-corrected chi connectivity index (χ0v) is 35.4. The van der Waals surface area contributed by atoms with Crippen LogP contribution in [-0.2, 0) is 35.1 Å². The van der Waals surface area contributed by atoms with Crippen molar-refractivity contribution in [3.8, 4) is 0 Å². The standard InChI is InChI=1S/C42H67N5O6S/c1-12-28(6)38(46(9)42(51)31(26(2)3)24-34(48)37(43-8)27(4)5)35(52-10)25-36(49)47-21-16-19-33(47)39(53-11)29(7)40(50)45-32(41-44-20-22-54-41)23-30-17-14-13-15-18-30/h13-15,17-18,20,22,26-29,31-33,35,37-39,43H,12,16,19,21,23-25H2,1-11H3,(H,45,50)/t28-,29?,31?,32?,33?,35?,37?,38?,39?/m0/s1. The van der Waals surface area contributed by atoms with Crippen LogP contribution in [0.25, 0.3) is 0 Å². The van der Waals surface area contributed by atoms with Crippen LogP contribution < -0.4 is 10.6 Å². The molecule has 3 rings (SSSR count). The number of thiazole rings is 1. The molecule has 1 aromatic heterocycles. The number of methoxy groups -OCH3 is 2. The van der Waals surface area contributed by atoms with Gasteiger partial charge < -0.3 is 29.9 Å². The van der Waals surface area contributed by atoms with Crippen molar-refractivity contribution in [3.05, 3.63) is 52.5 Å². The second-order valence-corrected chi connectivity index (χ2v) is 16.7. The quantitative estimate of drug-likeness (QED) is 0.151. The number of rotatable bonds is 22. The van der Waals surface area contributed by atoms with E-state index in [1.807, 2.05) is 75.2 Å². The van der Waals surface area contributed by atoms with Crippen LogP contribution in [0.1, 0.15) is 97.2 Å². The molecule has 1 aromatic carbocycles. The summed E-state index contributed by atoms with van der Waals surface area (Å²) in [6.45, 7) is 14.5. The fourth-order valence-electron chi connectivity index (χ4n) is 8.15. The number of hydrogen-bond donors (Lipinski definition) is 2. The number of likely N-dealkylation sites (N-methyl/N-ethyl adjacent to an activating group) is 2. The van der Waals surface area contributed by atoms with E-state index < -0.39 is 30.1 Å². The largest absolute Gasteiger partial charge is 0.379 e. The first-order valence-corrected chi connectivity index (χ1v) is 20.6. The molecule has 3 amide bonds. The van der Waals surface area contributed by atoms with Gasteiger partial charge in [-0.05, 0) is 49.6 Å². The Balaban J connectivity index is 1.78. The third-order valence-corrected chi connectivity index (χ3v) is 12.4. The molecule has 1 aliphatic rings. The molecule has 0 saturated carbocycles. The van der Waals surface area contributed by atoms with Crippen molar-refractivity contribution in [1.82, 2.24) is 25.4 Å². The number of ketones is 1. The van der Waals surface area contributed by atoms with E-state index in [1.54, 1.807) is 39.4 Å². The molecule has 1 fully saturated rings. The van der Waals surface area contributed by atoms with Crippen molar-refractivity contribution in [1.29, 1.82) is 0 Å². The Morgan fingerprint density at radius 2 is 1.69 bits per heavy atom. The molecule has 2 aromatic rings. The fourth-order valence-corrected chi connectivity index (χ4v) is 8.83. The van der Waals surface area contributed by atoms with E-state index >= 15 is 0 Å². The number of nitrogens with zero attached hydrogens (tertiary/aromatic N) is 3. The summed E-state index contributed by atoms with van der Waals surface area (Å²) in [5, 5.41) is 9.10. The zero-order valence-electron chi connectivity index (χ0n) is 34.5. The van der Waals surface area contributed by atoms with Crippen LogP contribution in [0.2, 0.25) is 0 Å². The molecule has 12 heteroatoms. The minimum atomic E-state index is -0.578. The highest BCUT2D eigenvalue weighted by Crippen LogP contribution is 2.31. The number of Topliss-reactive ketones (excluding diaryl/α,β-unsaturated/α-hetero) is 1. The van der Waals surface area contributed by atoms with Crippen LogP contribution in [-0.4, -0.2) is 103 Å². The monoisotopic (exact) mass is 769 g/mol. The maximum atomic E-state index is 14.3. The summed E-state index contributed by atoms with van der Waals surface area (Å²) in [4.78, 5) is 63.8. The maximum absolute atomic E-state index is 14.3. The van der Waals surface area contributed by atoms with Crippen molar-refractivity contribution >= 4 is 34.8 Å². The number of hydrogen-bond acceptors (Lipinski definition) is 9. The minimum absolute atomic E-state index is 0.0208. The number of aromatic nitrogens is 1. The van der Waals surface area contributed by atoms with Crippen molar-refractivity contribution in [2.45, 2.75) is 123 Å². The van der Waals surface area contributed by atoms with E-state index in [9.17, 15) is 19.2 Å². The van der Waals surface area contributed by atoms with E-state index in [4.69, 9.17) is 9.47 Å². The molecule has 0 bridgehead atoms. The van der Waals surface area contributed by atoms with Gasteiger partial charge in [-0.15, -0.1) is 11.3 Å². The van der Waals surface area contributed by atoms with Gasteiger partial charge in [0.25, 0.3) is 0 Å². The van der Waals surface area contributed by atoms with Gasteiger partial charge in [0.15, 0.2) is 5.78 Å². The van der Waals surface area contributed by atoms with Gasteiger partial charge in [-0.1, -0.05) is 85.2 Å². The number of amides is 3. The lowest BCUT2D eigenvalue weighted by atomic mass is 9.84. The number of carbonyl (C=O) groups is 4. The van der Waals surface area contributed by atoms with E-state index in [-0.39, 0.29) is 72.2 Å². The molecule has 2 heterocycles. The number of nitrogens with one attached hydrogen (secondary N) is 2. The molecule has 0 aliphatic carbocycles. The van der Waals surface area contributed by atoms with E-state index in [0.29, 0.717) is 19.4 Å². The highest BCUT2D eigenvalue weighted by Gasteiger charge is 2.43. The highest BCUT2D eigenvalue weighted by atomic mass is 32.1. The lowest BCUT2D eigenvalue weighted by Crippen LogP contribution is -2.54. The van der Waals surface area contributed by atoms with Crippen molar-refractivity contribution in [2.24, 2.45) is 29.6 Å². The number of ether oxygens (including phenoxy) is 2. The Bertz CT molecular complexity index is 1460. The third-order valence-electron chi connectivity index (χ3n) is 11.5. The molecule has 2 N–H and O–H groups in total. The average Bonchev–Trinajstić information content (AvgIpc) is 3.87. The van der Waals surface area contributed by atoms with Crippen LogP contribution in [0.4, 0.5) is 0 Å². The lowest BCUT2D eigenvalue weighted by molar-refractivity contribution is -0.149. The number of benzene rings is 1. The predicted octanol–water partition coefficient (Wildman–Crippen LogP) is 5.94. The highest BCUT2D eigenvalue weighted by molar-refractivity contribution is 7.09. The molecule has 302 valence electrons. The molecule has 1 saturated heterocycles. The topological polar surface area (TPSA) is 130 Å². The Hall–Kier alpha value is -3.19. The summed E-state index contributed by atoms with van der Waals surface area (Å²) >= 11 is 1.51. The predicted molar refractivity (Wildman–Crippen MR) is 215 cm³/mol. The Kier molecular flexibility index (Phi) is 18.2. The molecule has 0 radical (unpaired) electrons. The van der Waals surface area contributed by atoms with Crippen LogP contribution in [0, 0.1) is 29.6 Å². The van der Waals surface area contributed by atoms with Crippen LogP contribution in [0.5, 0.6) is 0 Å². The van der Waals surface area contributed by atoms with Crippen LogP contribution in [0.3, 0.4) is 0 Å². The summed E-state index contributed by atoms with van der Waals surface area (Å²) in [6.07, 6.45) is 3.73. The van der Waals surface area contributed by atoms with Crippen molar-refractivity contribution < 1.29 is 28.7 Å². The summed E-state index contributed by atoms with van der Waals surface area (Å²) in [5.41, 5.74) is 1.10. The summed E-state index contributed by atoms with van der Waals surface area (Å²) in [6, 6.07) is 8.71. The van der Waals surface area contributed by atoms with Gasteiger partial charge in [0.05, 0.1) is 48.7 Å². The molecule has 1 aliphatic heterocycles. The molecular weight excluding hydrogens is 703 g/mol. The maximum Gasteiger partial charge on any atom is 0.226 e. The first-order valence-electron chi connectivity index (χ1n) is 19.8. The molecule has 11 nitrogen and oxygen atoms in total. The van der Waals surface area contributed by atoms with Crippen molar-refractivity contribution in [2.75, 3.05) is 34.9 Å². The van der Waals surface area contributed by atoms with E-state index in [2.05, 4.69) is 29.5 Å². The Labute approximate surface area is 328 Å². The van der Waals surface area contributed by atoms with Gasteiger partial charge in [-0.25, -0.2) is 4.98 Å². The SMILES string of the molecule is CC[C@H](C)C(C(CC(=O)N1CCCC1C(OC)C(C)C(=O)NC(Cc1ccccc1)c1nccs1)OC)N(C)C(=O)C(CC(=O)C(NC)C(C)C)C(C)C. The first-order chi connectivity index (χ1) is 25.7. The van der Waals surface area contributed by atoms with Crippen molar-refractivity contribution in [3.63, 3.8) is 0 Å². The summed E-state index contributed by atoms with van der Waals surface area (Å²) in [5.74, 6) is -1.32. The van der Waals surface area contributed by atoms with Gasteiger partial charge in [0.2, 0.25) is 17.7 Å². The lowest BCUT2D eigenvalue weighted by Gasteiger charge is -2.41. The molecule has 9 atom stereocenters. The molecule has 0 spiro atoms. The van der Waals surface area contributed by atoms with E-state index in [0.717, 1.165) is 23.4 Å². The van der Waals surface area contributed by atoms with Gasteiger partial charge >= 0.3 is 0 Å². The smallest absolute Gasteiger partial charge is 0.226 e. The Morgan fingerprint density at radius 3 is 2.22 bits per heavy atom. The molecule has 8 unspecified atom stereocenters. The Morgan fingerprint density at radius 1 is 1.00 bits per heavy atom. The minimum Gasteiger partial charge on any atom is -0.379 e. The zero-order chi connectivity index (χ0) is 40.1. The number of carbonyl (C=O) groups excluding carboxylic acids is 4. The summed E-state index contributed by atoms with van der Waals surface area (Å²) < 4.78 is 12.1. The molecule has 54 heavy (non-hydrogen) atoms. The van der Waals surface area contributed by atoms with Crippen LogP contribution >= 0.6 is 11.3 Å². The van der Waals surface area contributed by atoms with Gasteiger partial charge in [-0.3, -0.25) is 19.2 Å². The van der Waals surface area contributed by atoms with Crippen LogP contribution in [0.15, 0.2) is 41.9 Å². The summed E-state index contributed by atoms with van der Waals surface area (Å²) in [7, 11) is 6.76. The van der Waals surface area contributed by atoms with E-state index in [1.165, 1.54) is 11.3 Å². The fraction of sp³-hybridized carbons (Fsp3) is 0.690. The van der Waals surface area contributed by atoms with Gasteiger partial charge in [0, 0.05) is 51.7 Å². The molecular formula is C42H67N5O6S. The second-order valence-electron chi connectivity index (χ2n) is 15.7. The van der Waals surface area contributed by atoms with Gasteiger partial charge in [0.1, 0.15) is 5.01 Å². The number of likely N-dealkylation sites (tertiary alicyclic amines) is 1. The first kappa shape index (κ1) is 45.2.